The van der Waals surface area contributed by atoms with Crippen LogP contribution in [-0.4, -0.2) is 59.4 Å². The molecule has 8 rings (SSSR count). The number of benzene rings is 2. The lowest BCUT2D eigenvalue weighted by Crippen LogP contribution is -2.70. The van der Waals surface area contributed by atoms with Crippen molar-refractivity contribution in [3.8, 4) is 0 Å². The molecule has 1 N–H and O–H groups in total. The van der Waals surface area contributed by atoms with Gasteiger partial charge in [0.05, 0.1) is 17.9 Å². The van der Waals surface area contributed by atoms with Crippen molar-refractivity contribution in [1.29, 1.82) is 0 Å². The number of carbonyl (C=O) groups is 4. The predicted octanol–water partition coefficient (Wildman–Crippen LogP) is 9.37. The summed E-state index contributed by atoms with van der Waals surface area (Å²) in [5.41, 5.74) is -0.0257. The van der Waals surface area contributed by atoms with Crippen molar-refractivity contribution >= 4 is 23.7 Å². The van der Waals surface area contributed by atoms with E-state index in [1.54, 1.807) is 0 Å². The molecule has 1 saturated heterocycles. The van der Waals surface area contributed by atoms with Crippen LogP contribution < -0.4 is 0 Å². The summed E-state index contributed by atoms with van der Waals surface area (Å²) in [7, 11) is 1.41. The van der Waals surface area contributed by atoms with Crippen LogP contribution in [0.5, 0.6) is 0 Å². The molecule has 1 unspecified atom stereocenters. The van der Waals surface area contributed by atoms with E-state index in [2.05, 4.69) is 39.5 Å². The average Bonchev–Trinajstić information content (AvgIpc) is 3.68. The molecule has 57 heavy (non-hydrogen) atoms. The molecular formula is C49H63NO7. The highest BCUT2D eigenvalue weighted by Gasteiger charge is 2.72. The van der Waals surface area contributed by atoms with Crippen LogP contribution in [0, 0.1) is 50.2 Å². The molecule has 0 radical (unpaired) electrons. The average molecular weight is 778 g/mol. The number of rotatable bonds is 7. The normalized spacial score (nSPS) is 41.5. The van der Waals surface area contributed by atoms with Gasteiger partial charge in [-0.1, -0.05) is 93.9 Å². The summed E-state index contributed by atoms with van der Waals surface area (Å²) >= 11 is 0. The third-order valence-electron chi connectivity index (χ3n) is 17.8. The van der Waals surface area contributed by atoms with Gasteiger partial charge in [-0.15, -0.1) is 0 Å². The Morgan fingerprint density at radius 3 is 2.05 bits per heavy atom. The summed E-state index contributed by atoms with van der Waals surface area (Å²) in [5, 5.41) is 11.2. The van der Waals surface area contributed by atoms with Gasteiger partial charge >= 0.3 is 17.9 Å². The Morgan fingerprint density at radius 1 is 0.807 bits per heavy atom. The van der Waals surface area contributed by atoms with E-state index >= 15 is 4.79 Å². The first-order valence-electron chi connectivity index (χ1n) is 21.6. The first-order chi connectivity index (χ1) is 27.0. The summed E-state index contributed by atoms with van der Waals surface area (Å²) in [5.74, 6) is -1.69. The summed E-state index contributed by atoms with van der Waals surface area (Å²) in [4.78, 5) is 58.4. The zero-order chi connectivity index (χ0) is 40.8. The SMILES string of the molecule is COC(=O)C1CCCN1[C@H]1CC[C@@]2(C)[C@@H](CC[C@]3(C)[C@@H]2C(=O)C=C2[C@@H]4C[C@@](C)(C(=O)OC(c5ccccc5)c5ccccc5)CC[C@]4(C)CC[C@]23C)[C@]1(C)C(=O)O. The molecule has 8 nitrogen and oxygen atoms in total. The minimum atomic E-state index is -1.13. The molecule has 2 aromatic rings. The monoisotopic (exact) mass is 777 g/mol. The minimum Gasteiger partial charge on any atom is -0.481 e. The van der Waals surface area contributed by atoms with Gasteiger partial charge in [0.25, 0.3) is 0 Å². The topological polar surface area (TPSA) is 110 Å². The van der Waals surface area contributed by atoms with E-state index in [4.69, 9.17) is 9.47 Å². The molecule has 306 valence electrons. The highest BCUT2D eigenvalue weighted by atomic mass is 16.5. The molecule has 5 fully saturated rings. The second kappa shape index (κ2) is 13.9. The third kappa shape index (κ3) is 5.84. The first-order valence-corrected chi connectivity index (χ1v) is 21.6. The van der Waals surface area contributed by atoms with E-state index in [1.807, 2.05) is 73.7 Å². The highest BCUT2D eigenvalue weighted by molar-refractivity contribution is 5.96. The van der Waals surface area contributed by atoms with Gasteiger partial charge in [-0.2, -0.15) is 0 Å². The van der Waals surface area contributed by atoms with E-state index in [1.165, 1.54) is 12.7 Å². The second-order valence-corrected chi connectivity index (χ2v) is 20.4. The van der Waals surface area contributed by atoms with Crippen LogP contribution in [0.15, 0.2) is 72.3 Å². The van der Waals surface area contributed by atoms with Crippen LogP contribution >= 0.6 is 0 Å². The lowest BCUT2D eigenvalue weighted by atomic mass is 9.33. The number of nitrogens with zero attached hydrogens (tertiary/aromatic N) is 1. The first kappa shape index (κ1) is 40.0. The summed E-state index contributed by atoms with van der Waals surface area (Å²) in [6.07, 6.45) is 10.0. The molecule has 6 aliphatic rings. The van der Waals surface area contributed by atoms with Gasteiger partial charge in [0.2, 0.25) is 0 Å². The number of esters is 2. The maximum Gasteiger partial charge on any atom is 0.323 e. The van der Waals surface area contributed by atoms with Crippen LogP contribution in [0.25, 0.3) is 0 Å². The number of methoxy groups -OCH3 is 1. The van der Waals surface area contributed by atoms with Crippen molar-refractivity contribution in [2.75, 3.05) is 13.7 Å². The smallest absolute Gasteiger partial charge is 0.323 e. The van der Waals surface area contributed by atoms with Crippen molar-refractivity contribution in [2.45, 2.75) is 130 Å². The molecule has 0 amide bonds. The Kier molecular flexibility index (Phi) is 9.77. The zero-order valence-electron chi connectivity index (χ0n) is 35.1. The fourth-order valence-corrected chi connectivity index (χ4v) is 14.2. The van der Waals surface area contributed by atoms with Gasteiger partial charge < -0.3 is 14.6 Å². The summed E-state index contributed by atoms with van der Waals surface area (Å²) < 4.78 is 11.7. The highest BCUT2D eigenvalue weighted by Crippen LogP contribution is 2.75. The van der Waals surface area contributed by atoms with Crippen molar-refractivity contribution in [1.82, 2.24) is 4.90 Å². The molecule has 11 atom stereocenters. The third-order valence-corrected chi connectivity index (χ3v) is 17.8. The van der Waals surface area contributed by atoms with E-state index < -0.39 is 34.4 Å². The lowest BCUT2D eigenvalue weighted by Gasteiger charge is -2.70. The van der Waals surface area contributed by atoms with Crippen molar-refractivity contribution in [3.05, 3.63) is 83.4 Å². The van der Waals surface area contributed by atoms with E-state index in [9.17, 15) is 19.5 Å². The Morgan fingerprint density at radius 2 is 1.44 bits per heavy atom. The van der Waals surface area contributed by atoms with E-state index in [0.717, 1.165) is 56.1 Å². The quantitative estimate of drug-likeness (QED) is 0.277. The fraction of sp³-hybridized carbons (Fsp3) is 0.633. The lowest BCUT2D eigenvalue weighted by molar-refractivity contribution is -0.210. The molecule has 8 heteroatoms. The second-order valence-electron chi connectivity index (χ2n) is 20.4. The van der Waals surface area contributed by atoms with Gasteiger partial charge in [-0.3, -0.25) is 24.1 Å². The van der Waals surface area contributed by atoms with Gasteiger partial charge in [-0.05, 0) is 142 Å². The predicted molar refractivity (Wildman–Crippen MR) is 218 cm³/mol. The largest absolute Gasteiger partial charge is 0.481 e. The van der Waals surface area contributed by atoms with E-state index in [0.29, 0.717) is 32.2 Å². The summed E-state index contributed by atoms with van der Waals surface area (Å²) in [6.45, 7) is 14.0. The number of hydrogen-bond donors (Lipinski definition) is 1. The molecule has 5 aliphatic carbocycles. The Bertz CT molecular complexity index is 1920. The Balaban J connectivity index is 1.12. The number of ether oxygens (including phenoxy) is 2. The number of carboxylic acid groups (broad SMARTS) is 1. The number of allylic oxidation sites excluding steroid dienone is 2. The molecule has 0 bridgehead atoms. The standard InChI is InChI=1S/C49H63NO7/c1-44-24-25-45(2,43(55)57-39(31-15-10-8-11-16-31)32-17-12-9-13-18-32)30-34(44)33-29-36(51)40-46(3)22-21-38(50-28-14-19-35(50)41(52)56-7)49(6,42(53)54)37(46)20-23-48(40,5)47(33,4)27-26-44/h8-13,15-18,29,34-35,37-40H,14,19-28,30H2,1-7H3,(H,53,54)/t34-,35?,37+,38-,40+,44+,45-,46-,47+,48+,49-/m0/s1. The Labute approximate surface area is 339 Å². The van der Waals surface area contributed by atoms with Gasteiger partial charge in [0.15, 0.2) is 11.9 Å². The molecule has 0 spiro atoms. The van der Waals surface area contributed by atoms with Crippen LogP contribution in [0.4, 0.5) is 0 Å². The van der Waals surface area contributed by atoms with Crippen LogP contribution in [0.2, 0.25) is 0 Å². The van der Waals surface area contributed by atoms with Crippen LogP contribution in [0.1, 0.15) is 129 Å². The number of aliphatic carboxylic acids is 1. The number of carbonyl (C=O) groups excluding carboxylic acids is 3. The molecule has 0 aromatic heterocycles. The van der Waals surface area contributed by atoms with Crippen molar-refractivity contribution in [2.24, 2.45) is 50.2 Å². The maximum atomic E-state index is 15.1. The number of ketones is 1. The zero-order valence-corrected chi connectivity index (χ0v) is 35.1. The molecular weight excluding hydrogens is 715 g/mol. The maximum absolute atomic E-state index is 15.1. The van der Waals surface area contributed by atoms with Crippen molar-refractivity contribution < 1.29 is 33.8 Å². The Hall–Kier alpha value is -3.78. The fourth-order valence-electron chi connectivity index (χ4n) is 14.2. The van der Waals surface area contributed by atoms with Crippen LogP contribution in [-0.2, 0) is 28.7 Å². The summed E-state index contributed by atoms with van der Waals surface area (Å²) in [6, 6.07) is 19.2. The van der Waals surface area contributed by atoms with Gasteiger partial charge in [-0.25, -0.2) is 0 Å². The number of likely N-dealkylation sites (tertiary alicyclic amines) is 1. The molecule has 1 aliphatic heterocycles. The van der Waals surface area contributed by atoms with Gasteiger partial charge in [0.1, 0.15) is 6.04 Å². The molecule has 2 aromatic carbocycles. The molecule has 4 saturated carbocycles. The number of carboxylic acids is 1. The molecule has 1 heterocycles. The van der Waals surface area contributed by atoms with E-state index in [-0.39, 0.29) is 57.8 Å². The van der Waals surface area contributed by atoms with Gasteiger partial charge in [0, 0.05) is 12.0 Å². The van der Waals surface area contributed by atoms with Crippen molar-refractivity contribution in [3.63, 3.8) is 0 Å². The minimum absolute atomic E-state index is 0.0418. The number of hydrogen-bond acceptors (Lipinski definition) is 7. The van der Waals surface area contributed by atoms with Crippen LogP contribution in [0.3, 0.4) is 0 Å². The number of fused-ring (bicyclic) bond motifs is 7.